The molecule has 0 bridgehead atoms. The summed E-state index contributed by atoms with van der Waals surface area (Å²) in [6.07, 6.45) is 3.94. The largest absolute Gasteiger partial charge is 0.457 e. The number of carbonyl (C=O) groups is 2. The Hall–Kier alpha value is -2.84. The summed E-state index contributed by atoms with van der Waals surface area (Å²) in [7, 11) is 0. The van der Waals surface area contributed by atoms with Crippen LogP contribution in [0.15, 0.2) is 59.0 Å². The number of benzene rings is 2. The second kappa shape index (κ2) is 12.0. The molecule has 0 saturated carbocycles. The number of furan rings is 1. The van der Waals surface area contributed by atoms with Crippen LogP contribution in [0.5, 0.6) is 0 Å². The Morgan fingerprint density at radius 3 is 2.44 bits per heavy atom. The van der Waals surface area contributed by atoms with Crippen molar-refractivity contribution in [3.63, 3.8) is 0 Å². The number of hydrogen-bond acceptors (Lipinski definition) is 4. The van der Waals surface area contributed by atoms with Gasteiger partial charge in [0.1, 0.15) is 11.5 Å². The van der Waals surface area contributed by atoms with E-state index in [2.05, 4.69) is 16.0 Å². The molecule has 1 heterocycles. The van der Waals surface area contributed by atoms with E-state index in [9.17, 15) is 9.59 Å². The van der Waals surface area contributed by atoms with Gasteiger partial charge in [0.15, 0.2) is 5.11 Å². The van der Waals surface area contributed by atoms with Crippen molar-refractivity contribution in [1.82, 2.24) is 5.32 Å². The van der Waals surface area contributed by atoms with E-state index in [-0.39, 0.29) is 11.0 Å². The summed E-state index contributed by atoms with van der Waals surface area (Å²) < 4.78 is 5.72. The number of rotatable bonds is 7. The standard InChI is InChI=1S/C24H20Cl3N3O3S/c1-2-3-22(31)28-17-4-7-19(27)20(13-17)29-24(34)30-23(32)9-6-18-5-8-21(33-18)14-10-15(25)12-16(26)11-14/h4-13H,2-3H2,1H3,(H,28,31)(H2,29,30,32,34)/b9-6+. The number of hydrogen-bond donors (Lipinski definition) is 3. The molecule has 1 aromatic heterocycles. The minimum Gasteiger partial charge on any atom is -0.457 e. The maximum Gasteiger partial charge on any atom is 0.250 e. The molecule has 0 aliphatic rings. The minimum atomic E-state index is -0.468. The lowest BCUT2D eigenvalue weighted by Crippen LogP contribution is -2.32. The Bertz CT molecular complexity index is 1240. The predicted octanol–water partition coefficient (Wildman–Crippen LogP) is 7.17. The smallest absolute Gasteiger partial charge is 0.250 e. The number of halogens is 3. The van der Waals surface area contributed by atoms with E-state index >= 15 is 0 Å². The van der Waals surface area contributed by atoms with Gasteiger partial charge in [-0.05, 0) is 73.2 Å². The third-order valence-electron chi connectivity index (χ3n) is 4.38. The predicted molar refractivity (Wildman–Crippen MR) is 143 cm³/mol. The van der Waals surface area contributed by atoms with E-state index in [1.807, 2.05) is 6.92 Å². The minimum absolute atomic E-state index is 0.0438. The van der Waals surface area contributed by atoms with Crippen molar-refractivity contribution in [2.45, 2.75) is 19.8 Å². The van der Waals surface area contributed by atoms with Gasteiger partial charge in [0.25, 0.3) is 0 Å². The quantitative estimate of drug-likeness (QED) is 0.220. The van der Waals surface area contributed by atoms with Gasteiger partial charge in [0.05, 0.1) is 10.7 Å². The highest BCUT2D eigenvalue weighted by Crippen LogP contribution is 2.29. The molecule has 2 amide bonds. The zero-order valence-electron chi connectivity index (χ0n) is 18.0. The molecule has 3 aromatic rings. The Balaban J connectivity index is 1.59. The van der Waals surface area contributed by atoms with Gasteiger partial charge in [-0.25, -0.2) is 0 Å². The van der Waals surface area contributed by atoms with E-state index in [0.29, 0.717) is 44.4 Å². The highest BCUT2D eigenvalue weighted by atomic mass is 35.5. The van der Waals surface area contributed by atoms with Crippen LogP contribution in [0.25, 0.3) is 17.4 Å². The van der Waals surface area contributed by atoms with Crippen LogP contribution in [0, 0.1) is 0 Å². The molecule has 6 nitrogen and oxygen atoms in total. The lowest BCUT2D eigenvalue weighted by Gasteiger charge is -2.12. The molecule has 0 atom stereocenters. The molecule has 3 rings (SSSR count). The first-order valence-electron chi connectivity index (χ1n) is 10.2. The van der Waals surface area contributed by atoms with Crippen molar-refractivity contribution < 1.29 is 14.0 Å². The average molecular weight is 537 g/mol. The summed E-state index contributed by atoms with van der Waals surface area (Å²) in [5, 5.41) is 9.57. The molecule has 34 heavy (non-hydrogen) atoms. The van der Waals surface area contributed by atoms with Crippen molar-refractivity contribution in [2.24, 2.45) is 0 Å². The van der Waals surface area contributed by atoms with Crippen LogP contribution in [0.2, 0.25) is 15.1 Å². The summed E-state index contributed by atoms with van der Waals surface area (Å²) in [5.74, 6) is 0.446. The number of carbonyl (C=O) groups excluding carboxylic acids is 2. The summed E-state index contributed by atoms with van der Waals surface area (Å²) in [5.41, 5.74) is 1.73. The first-order valence-corrected chi connectivity index (χ1v) is 11.7. The van der Waals surface area contributed by atoms with Gasteiger partial charge in [-0.3, -0.25) is 14.9 Å². The highest BCUT2D eigenvalue weighted by Gasteiger charge is 2.09. The van der Waals surface area contributed by atoms with E-state index in [4.69, 9.17) is 51.4 Å². The summed E-state index contributed by atoms with van der Waals surface area (Å²) in [6, 6.07) is 13.5. The van der Waals surface area contributed by atoms with Crippen LogP contribution in [-0.4, -0.2) is 16.9 Å². The monoisotopic (exact) mass is 535 g/mol. The molecule has 2 aromatic carbocycles. The molecule has 10 heteroatoms. The molecule has 0 fully saturated rings. The second-order valence-electron chi connectivity index (χ2n) is 7.13. The van der Waals surface area contributed by atoms with Crippen LogP contribution < -0.4 is 16.0 Å². The molecule has 0 radical (unpaired) electrons. The number of nitrogens with one attached hydrogen (secondary N) is 3. The van der Waals surface area contributed by atoms with Gasteiger partial charge < -0.3 is 15.1 Å². The van der Waals surface area contributed by atoms with Crippen LogP contribution in [0.1, 0.15) is 25.5 Å². The van der Waals surface area contributed by atoms with Gasteiger partial charge >= 0.3 is 0 Å². The molecule has 0 saturated heterocycles. The van der Waals surface area contributed by atoms with Crippen molar-refractivity contribution in [3.8, 4) is 11.3 Å². The van der Waals surface area contributed by atoms with E-state index in [1.54, 1.807) is 48.5 Å². The molecule has 176 valence electrons. The topological polar surface area (TPSA) is 83.4 Å². The van der Waals surface area contributed by atoms with Crippen molar-refractivity contribution in [2.75, 3.05) is 10.6 Å². The lowest BCUT2D eigenvalue weighted by atomic mass is 10.2. The first kappa shape index (κ1) is 25.8. The number of anilines is 2. The molecular weight excluding hydrogens is 517 g/mol. The number of thiocarbonyl (C=S) groups is 1. The van der Waals surface area contributed by atoms with Crippen LogP contribution in [0.3, 0.4) is 0 Å². The summed E-state index contributed by atoms with van der Waals surface area (Å²) in [6.45, 7) is 1.92. The van der Waals surface area contributed by atoms with E-state index in [0.717, 1.165) is 12.0 Å². The maximum atomic E-state index is 12.3. The van der Waals surface area contributed by atoms with Crippen LogP contribution >= 0.6 is 47.0 Å². The van der Waals surface area contributed by atoms with Crippen molar-refractivity contribution in [3.05, 3.63) is 75.4 Å². The molecule has 3 N–H and O–H groups in total. The summed E-state index contributed by atoms with van der Waals surface area (Å²) in [4.78, 5) is 24.1. The van der Waals surface area contributed by atoms with Gasteiger partial charge in [-0.15, -0.1) is 0 Å². The van der Waals surface area contributed by atoms with Crippen LogP contribution in [0.4, 0.5) is 11.4 Å². The fraction of sp³-hybridized carbons (Fsp3) is 0.125. The van der Waals surface area contributed by atoms with Crippen LogP contribution in [-0.2, 0) is 9.59 Å². The van der Waals surface area contributed by atoms with Gasteiger partial charge in [0.2, 0.25) is 11.8 Å². The van der Waals surface area contributed by atoms with Gasteiger partial charge in [0, 0.05) is 33.8 Å². The normalized spacial score (nSPS) is 10.8. The molecular formula is C24H20Cl3N3O3S. The van der Waals surface area contributed by atoms with Crippen molar-refractivity contribution in [1.29, 1.82) is 0 Å². The summed E-state index contributed by atoms with van der Waals surface area (Å²) >= 11 is 23.5. The fourth-order valence-corrected chi connectivity index (χ4v) is 3.81. The Labute approximate surface area is 217 Å². The van der Waals surface area contributed by atoms with E-state index in [1.165, 1.54) is 12.2 Å². The zero-order valence-corrected chi connectivity index (χ0v) is 21.0. The maximum absolute atomic E-state index is 12.3. The lowest BCUT2D eigenvalue weighted by molar-refractivity contribution is -0.116. The molecule has 0 aliphatic carbocycles. The van der Waals surface area contributed by atoms with Crippen molar-refractivity contribution >= 4 is 81.4 Å². The molecule has 0 unspecified atom stereocenters. The number of amides is 2. The Kier molecular flexibility index (Phi) is 9.12. The second-order valence-corrected chi connectivity index (χ2v) is 8.82. The third kappa shape index (κ3) is 7.60. The Morgan fingerprint density at radius 1 is 1.00 bits per heavy atom. The average Bonchev–Trinajstić information content (AvgIpc) is 3.23. The molecule has 0 spiro atoms. The molecule has 0 aliphatic heterocycles. The Morgan fingerprint density at radius 2 is 1.74 bits per heavy atom. The van der Waals surface area contributed by atoms with E-state index < -0.39 is 5.91 Å². The van der Waals surface area contributed by atoms with Gasteiger partial charge in [-0.1, -0.05) is 41.7 Å². The highest BCUT2D eigenvalue weighted by molar-refractivity contribution is 7.80. The fourth-order valence-electron chi connectivity index (χ4n) is 2.91. The third-order valence-corrected chi connectivity index (χ3v) is 5.36. The van der Waals surface area contributed by atoms with Gasteiger partial charge in [-0.2, -0.15) is 0 Å². The SMILES string of the molecule is CCCC(=O)Nc1ccc(Cl)c(NC(=S)NC(=O)/C=C/c2ccc(-c3cc(Cl)cc(Cl)c3)o2)c1. The first-order chi connectivity index (χ1) is 16.2. The zero-order chi connectivity index (χ0) is 24.7.